The molecule has 0 aliphatic heterocycles. The average molecular weight is 394 g/mol. The van der Waals surface area contributed by atoms with E-state index in [1.54, 1.807) is 19.2 Å². The van der Waals surface area contributed by atoms with E-state index in [1.165, 1.54) is 4.90 Å². The summed E-state index contributed by atoms with van der Waals surface area (Å²) >= 11 is 0. The van der Waals surface area contributed by atoms with Crippen molar-refractivity contribution in [3.05, 3.63) is 83.9 Å². The van der Waals surface area contributed by atoms with Gasteiger partial charge in [0.05, 0.1) is 0 Å². The van der Waals surface area contributed by atoms with Crippen molar-refractivity contribution in [3.63, 3.8) is 0 Å². The second kappa shape index (κ2) is 8.64. The van der Waals surface area contributed by atoms with Crippen molar-refractivity contribution in [2.24, 2.45) is 0 Å². The number of benzene rings is 3. The lowest BCUT2D eigenvalue weighted by molar-refractivity contribution is 0.0273. The number of hydrogen-bond acceptors (Lipinski definition) is 2. The largest absolute Gasteiger partial charge is 0.444 e. The lowest BCUT2D eigenvalue weighted by Gasteiger charge is -2.29. The smallest absolute Gasteiger partial charge is 0.410 e. The van der Waals surface area contributed by atoms with Crippen molar-refractivity contribution in [1.29, 1.82) is 0 Å². The van der Waals surface area contributed by atoms with Crippen molar-refractivity contribution in [3.8, 4) is 0 Å². The first-order valence-corrected chi connectivity index (χ1v) is 9.86. The normalized spacial score (nSPS) is 13.7. The Morgan fingerprint density at radius 2 is 1.55 bits per heavy atom. The molecule has 0 aromatic heterocycles. The number of carbonyl (C=O) groups excluding carboxylic acids is 1. The fourth-order valence-corrected chi connectivity index (χ4v) is 3.38. The van der Waals surface area contributed by atoms with E-state index in [0.717, 1.165) is 16.3 Å². The second-order valence-corrected chi connectivity index (χ2v) is 8.39. The predicted molar refractivity (Wildman–Crippen MR) is 116 cm³/mol. The number of hydrogen-bond donors (Lipinski definition) is 0. The van der Waals surface area contributed by atoms with Crippen LogP contribution in [-0.4, -0.2) is 30.2 Å². The summed E-state index contributed by atoms with van der Waals surface area (Å²) in [7, 11) is 1.65. The van der Waals surface area contributed by atoms with Gasteiger partial charge in [0, 0.05) is 19.5 Å². The molecule has 3 aromatic carbocycles. The van der Waals surface area contributed by atoms with Crippen LogP contribution >= 0.6 is 0 Å². The van der Waals surface area contributed by atoms with Crippen LogP contribution in [0.3, 0.4) is 0 Å². The number of carbonyl (C=O) groups is 1. The highest BCUT2D eigenvalue weighted by Gasteiger charge is 2.29. The van der Waals surface area contributed by atoms with Crippen LogP contribution in [0.5, 0.6) is 0 Å². The van der Waals surface area contributed by atoms with Crippen molar-refractivity contribution in [2.75, 3.05) is 13.6 Å². The van der Waals surface area contributed by atoms with Gasteiger partial charge in [-0.05, 0) is 42.7 Å². The number of halogens is 1. The molecule has 0 saturated heterocycles. The van der Waals surface area contributed by atoms with Crippen LogP contribution < -0.4 is 0 Å². The highest BCUT2D eigenvalue weighted by Crippen LogP contribution is 2.36. The SMILES string of the molecule is CN(C[C@H](c1ccc2ccccc2c1)[C@H](F)c1ccccc1)C(=O)OC(C)(C)C. The molecule has 1 amide bonds. The van der Waals surface area contributed by atoms with E-state index < -0.39 is 23.8 Å². The van der Waals surface area contributed by atoms with Crippen LogP contribution in [0.4, 0.5) is 9.18 Å². The lowest BCUT2D eigenvalue weighted by atomic mass is 9.88. The maximum Gasteiger partial charge on any atom is 0.410 e. The number of rotatable bonds is 5. The predicted octanol–water partition coefficient (Wildman–Crippen LogP) is 6.50. The van der Waals surface area contributed by atoms with Gasteiger partial charge in [-0.2, -0.15) is 0 Å². The maximum atomic E-state index is 15.7. The number of fused-ring (bicyclic) bond motifs is 1. The summed E-state index contributed by atoms with van der Waals surface area (Å²) in [5.74, 6) is -0.514. The first-order chi connectivity index (χ1) is 13.7. The fourth-order valence-electron chi connectivity index (χ4n) is 3.38. The lowest BCUT2D eigenvalue weighted by Crippen LogP contribution is -2.37. The van der Waals surface area contributed by atoms with Gasteiger partial charge in [0.15, 0.2) is 0 Å². The molecule has 2 atom stereocenters. The molecule has 0 bridgehead atoms. The van der Waals surface area contributed by atoms with Gasteiger partial charge in [0.1, 0.15) is 11.8 Å². The first kappa shape index (κ1) is 20.8. The molecule has 0 fully saturated rings. The summed E-state index contributed by atoms with van der Waals surface area (Å²) in [4.78, 5) is 13.9. The van der Waals surface area contributed by atoms with Crippen LogP contribution in [0, 0.1) is 0 Å². The molecule has 3 aromatic rings. The Morgan fingerprint density at radius 1 is 0.931 bits per heavy atom. The van der Waals surface area contributed by atoms with Crippen LogP contribution in [0.2, 0.25) is 0 Å². The molecule has 0 spiro atoms. The molecule has 152 valence electrons. The van der Waals surface area contributed by atoms with Gasteiger partial charge in [0.25, 0.3) is 0 Å². The highest BCUT2D eigenvalue weighted by atomic mass is 19.1. The molecule has 0 heterocycles. The highest BCUT2D eigenvalue weighted by molar-refractivity contribution is 5.83. The van der Waals surface area contributed by atoms with Crippen molar-refractivity contribution >= 4 is 16.9 Å². The first-order valence-electron chi connectivity index (χ1n) is 9.86. The molecule has 0 N–H and O–H groups in total. The van der Waals surface area contributed by atoms with E-state index >= 15 is 4.39 Å². The van der Waals surface area contributed by atoms with E-state index in [1.807, 2.05) is 81.4 Å². The van der Waals surface area contributed by atoms with Crippen molar-refractivity contribution in [2.45, 2.75) is 38.5 Å². The Hall–Kier alpha value is -2.88. The molecule has 0 radical (unpaired) electrons. The molecule has 29 heavy (non-hydrogen) atoms. The molecular formula is C25H28FNO2. The van der Waals surface area contributed by atoms with E-state index in [4.69, 9.17) is 4.74 Å². The number of amides is 1. The summed E-state index contributed by atoms with van der Waals surface area (Å²) in [5.41, 5.74) is 0.858. The summed E-state index contributed by atoms with van der Waals surface area (Å²) in [6, 6.07) is 23.1. The van der Waals surface area contributed by atoms with E-state index in [9.17, 15) is 4.79 Å². The number of nitrogens with zero attached hydrogens (tertiary/aromatic N) is 1. The van der Waals surface area contributed by atoms with Gasteiger partial charge in [-0.15, -0.1) is 0 Å². The van der Waals surface area contributed by atoms with Crippen LogP contribution in [-0.2, 0) is 4.74 Å². The molecule has 0 aliphatic rings. The van der Waals surface area contributed by atoms with Gasteiger partial charge in [-0.3, -0.25) is 0 Å². The Kier molecular flexibility index (Phi) is 6.21. The van der Waals surface area contributed by atoms with Gasteiger partial charge in [0.2, 0.25) is 0 Å². The zero-order chi connectivity index (χ0) is 21.0. The second-order valence-electron chi connectivity index (χ2n) is 8.39. The third kappa shape index (κ3) is 5.35. The standard InChI is InChI=1S/C25H28FNO2/c1-25(2,3)29-24(28)27(4)17-22(23(26)19-11-6-5-7-12-19)21-15-14-18-10-8-9-13-20(18)16-21/h5-16,22-23H,17H2,1-4H3/t22-,23-/m1/s1. The Bertz CT molecular complexity index is 965. The van der Waals surface area contributed by atoms with E-state index in [2.05, 4.69) is 0 Å². The van der Waals surface area contributed by atoms with Gasteiger partial charge in [-0.1, -0.05) is 72.8 Å². The minimum Gasteiger partial charge on any atom is -0.444 e. The molecule has 3 rings (SSSR count). The number of alkyl halides is 1. The van der Waals surface area contributed by atoms with Crippen molar-refractivity contribution < 1.29 is 13.9 Å². The summed E-state index contributed by atoms with van der Waals surface area (Å²) in [5, 5.41) is 2.15. The van der Waals surface area contributed by atoms with Crippen LogP contribution in [0.15, 0.2) is 72.8 Å². The monoisotopic (exact) mass is 393 g/mol. The van der Waals surface area contributed by atoms with Crippen molar-refractivity contribution in [1.82, 2.24) is 4.90 Å². The zero-order valence-corrected chi connectivity index (χ0v) is 17.4. The van der Waals surface area contributed by atoms with Gasteiger partial charge >= 0.3 is 6.09 Å². The van der Waals surface area contributed by atoms with E-state index in [0.29, 0.717) is 5.56 Å². The van der Waals surface area contributed by atoms with Crippen LogP contribution in [0.25, 0.3) is 10.8 Å². The molecular weight excluding hydrogens is 365 g/mol. The van der Waals surface area contributed by atoms with Crippen LogP contribution in [0.1, 0.15) is 44.0 Å². The maximum absolute atomic E-state index is 15.7. The Balaban J connectivity index is 1.93. The number of ether oxygens (including phenoxy) is 1. The average Bonchev–Trinajstić information content (AvgIpc) is 2.70. The third-order valence-electron chi connectivity index (χ3n) is 4.85. The summed E-state index contributed by atoms with van der Waals surface area (Å²) < 4.78 is 21.1. The summed E-state index contributed by atoms with van der Waals surface area (Å²) in [6.07, 6.45) is -1.70. The molecule has 0 saturated carbocycles. The Morgan fingerprint density at radius 3 is 2.21 bits per heavy atom. The number of likely N-dealkylation sites (N-methyl/N-ethyl adjacent to an activating group) is 1. The fraction of sp³-hybridized carbons (Fsp3) is 0.320. The minimum absolute atomic E-state index is 0.212. The van der Waals surface area contributed by atoms with E-state index in [-0.39, 0.29) is 6.54 Å². The summed E-state index contributed by atoms with van der Waals surface area (Å²) in [6.45, 7) is 5.67. The zero-order valence-electron chi connectivity index (χ0n) is 17.4. The quantitative estimate of drug-likeness (QED) is 0.495. The molecule has 4 heteroatoms. The molecule has 0 unspecified atom stereocenters. The molecule has 0 aliphatic carbocycles. The Labute approximate surface area is 172 Å². The topological polar surface area (TPSA) is 29.5 Å². The molecule has 3 nitrogen and oxygen atoms in total. The minimum atomic E-state index is -1.25. The third-order valence-corrected chi connectivity index (χ3v) is 4.85. The van der Waals surface area contributed by atoms with Gasteiger partial charge < -0.3 is 9.64 Å². The van der Waals surface area contributed by atoms with Gasteiger partial charge in [-0.25, -0.2) is 9.18 Å².